The van der Waals surface area contributed by atoms with Crippen molar-refractivity contribution in [2.75, 3.05) is 18.6 Å². The number of benzene rings is 1. The van der Waals surface area contributed by atoms with Crippen LogP contribution in [0.2, 0.25) is 0 Å². The molecule has 0 radical (unpaired) electrons. The van der Waals surface area contributed by atoms with Gasteiger partial charge in [-0.05, 0) is 0 Å². The molecular formula is C7H12Cl2N2O2. The van der Waals surface area contributed by atoms with Crippen LogP contribution in [-0.4, -0.2) is 12.2 Å². The number of nitrogen functional groups attached to an aromatic ring is 2. The molecule has 4 nitrogen and oxygen atoms in total. The summed E-state index contributed by atoms with van der Waals surface area (Å²) in [5.74, 6) is 0.330. The smallest absolute Gasteiger partial charge is 0.162 e. The van der Waals surface area contributed by atoms with Gasteiger partial charge < -0.3 is 21.3 Å². The molecule has 0 heterocycles. The van der Waals surface area contributed by atoms with E-state index >= 15 is 0 Å². The molecule has 0 aromatic heterocycles. The maximum Gasteiger partial charge on any atom is 0.162 e. The molecule has 0 aliphatic rings. The first kappa shape index (κ1) is 14.5. The summed E-state index contributed by atoms with van der Waals surface area (Å²) in [6.45, 7) is 0. The van der Waals surface area contributed by atoms with E-state index in [1.165, 1.54) is 19.2 Å². The SMILES string of the molecule is COc1cc(N)c(N)cc1O.Cl.Cl. The summed E-state index contributed by atoms with van der Waals surface area (Å²) < 4.78 is 4.80. The molecular weight excluding hydrogens is 215 g/mol. The molecule has 1 aromatic rings. The summed E-state index contributed by atoms with van der Waals surface area (Å²) in [5.41, 5.74) is 11.6. The van der Waals surface area contributed by atoms with Crippen molar-refractivity contribution >= 4 is 36.2 Å². The first-order valence-electron chi connectivity index (χ1n) is 3.07. The summed E-state index contributed by atoms with van der Waals surface area (Å²) in [6.07, 6.45) is 0. The topological polar surface area (TPSA) is 81.5 Å². The van der Waals surface area contributed by atoms with Crippen molar-refractivity contribution in [3.8, 4) is 11.5 Å². The van der Waals surface area contributed by atoms with Crippen LogP contribution in [0.1, 0.15) is 0 Å². The number of hydrogen-bond donors (Lipinski definition) is 3. The Balaban J connectivity index is 0. The van der Waals surface area contributed by atoms with Crippen molar-refractivity contribution in [3.63, 3.8) is 0 Å². The van der Waals surface area contributed by atoms with E-state index in [9.17, 15) is 0 Å². The maximum absolute atomic E-state index is 9.16. The van der Waals surface area contributed by atoms with Gasteiger partial charge in [-0.1, -0.05) is 0 Å². The average molecular weight is 227 g/mol. The van der Waals surface area contributed by atoms with E-state index in [1.807, 2.05) is 0 Å². The Morgan fingerprint density at radius 1 is 1.15 bits per heavy atom. The van der Waals surface area contributed by atoms with Gasteiger partial charge in [-0.25, -0.2) is 0 Å². The van der Waals surface area contributed by atoms with E-state index in [2.05, 4.69) is 0 Å². The second-order valence-corrected chi connectivity index (χ2v) is 2.15. The maximum atomic E-state index is 9.16. The van der Waals surface area contributed by atoms with Crippen LogP contribution < -0.4 is 16.2 Å². The largest absolute Gasteiger partial charge is 0.504 e. The number of hydrogen-bond acceptors (Lipinski definition) is 4. The third-order valence-corrected chi connectivity index (χ3v) is 1.38. The van der Waals surface area contributed by atoms with Crippen molar-refractivity contribution in [2.45, 2.75) is 0 Å². The highest BCUT2D eigenvalue weighted by atomic mass is 35.5. The van der Waals surface area contributed by atoms with Crippen LogP contribution in [0.15, 0.2) is 12.1 Å². The normalized spacial score (nSPS) is 8.08. The van der Waals surface area contributed by atoms with Gasteiger partial charge in [-0.2, -0.15) is 0 Å². The van der Waals surface area contributed by atoms with E-state index < -0.39 is 0 Å². The number of phenolic OH excluding ortho intramolecular Hbond substituents is 1. The molecule has 13 heavy (non-hydrogen) atoms. The minimum Gasteiger partial charge on any atom is -0.504 e. The van der Waals surface area contributed by atoms with Crippen molar-refractivity contribution in [1.29, 1.82) is 0 Å². The van der Waals surface area contributed by atoms with Crippen LogP contribution >= 0.6 is 24.8 Å². The van der Waals surface area contributed by atoms with Crippen LogP contribution in [-0.2, 0) is 0 Å². The van der Waals surface area contributed by atoms with Gasteiger partial charge in [0.15, 0.2) is 11.5 Å². The molecule has 0 aliphatic carbocycles. The summed E-state index contributed by atoms with van der Waals surface area (Å²) in [5, 5.41) is 9.16. The van der Waals surface area contributed by atoms with E-state index in [-0.39, 0.29) is 30.6 Å². The molecule has 0 fully saturated rings. The average Bonchev–Trinajstić information content (AvgIpc) is 1.97. The highest BCUT2D eigenvalue weighted by molar-refractivity contribution is 5.85. The first-order chi connectivity index (χ1) is 5.15. The zero-order valence-electron chi connectivity index (χ0n) is 6.98. The summed E-state index contributed by atoms with van der Waals surface area (Å²) in [7, 11) is 1.45. The number of ether oxygens (including phenoxy) is 1. The Morgan fingerprint density at radius 2 is 1.62 bits per heavy atom. The minimum absolute atomic E-state index is 0. The zero-order chi connectivity index (χ0) is 8.43. The van der Waals surface area contributed by atoms with Crippen LogP contribution in [0.4, 0.5) is 11.4 Å². The monoisotopic (exact) mass is 226 g/mol. The van der Waals surface area contributed by atoms with Gasteiger partial charge >= 0.3 is 0 Å². The lowest BCUT2D eigenvalue weighted by Crippen LogP contribution is -1.95. The van der Waals surface area contributed by atoms with Gasteiger partial charge in [-0.15, -0.1) is 24.8 Å². The van der Waals surface area contributed by atoms with Gasteiger partial charge in [0.2, 0.25) is 0 Å². The van der Waals surface area contributed by atoms with Crippen LogP contribution in [0, 0.1) is 0 Å². The van der Waals surface area contributed by atoms with E-state index in [0.29, 0.717) is 17.1 Å². The molecule has 0 saturated carbocycles. The van der Waals surface area contributed by atoms with Crippen LogP contribution in [0.3, 0.4) is 0 Å². The molecule has 5 N–H and O–H groups in total. The zero-order valence-corrected chi connectivity index (χ0v) is 8.61. The summed E-state index contributed by atoms with van der Waals surface area (Å²) >= 11 is 0. The lowest BCUT2D eigenvalue weighted by atomic mass is 10.2. The highest BCUT2D eigenvalue weighted by Crippen LogP contribution is 2.31. The molecule has 0 atom stereocenters. The minimum atomic E-state index is -0.000741. The number of methoxy groups -OCH3 is 1. The van der Waals surface area contributed by atoms with Gasteiger partial charge in [0, 0.05) is 12.1 Å². The molecule has 0 amide bonds. The van der Waals surface area contributed by atoms with Gasteiger partial charge in [0.25, 0.3) is 0 Å². The van der Waals surface area contributed by atoms with Crippen molar-refractivity contribution in [1.82, 2.24) is 0 Å². The molecule has 1 rings (SSSR count). The van der Waals surface area contributed by atoms with Crippen molar-refractivity contribution in [2.24, 2.45) is 0 Å². The number of nitrogens with two attached hydrogens (primary N) is 2. The Morgan fingerprint density at radius 3 is 2.08 bits per heavy atom. The number of aromatic hydroxyl groups is 1. The lowest BCUT2D eigenvalue weighted by Gasteiger charge is -2.05. The molecule has 1 aromatic carbocycles. The lowest BCUT2D eigenvalue weighted by molar-refractivity contribution is 0.374. The van der Waals surface area contributed by atoms with E-state index in [4.69, 9.17) is 21.3 Å². The van der Waals surface area contributed by atoms with Crippen molar-refractivity contribution in [3.05, 3.63) is 12.1 Å². The molecule has 76 valence electrons. The van der Waals surface area contributed by atoms with Crippen LogP contribution in [0.25, 0.3) is 0 Å². The molecule has 0 aliphatic heterocycles. The second-order valence-electron chi connectivity index (χ2n) is 2.15. The third-order valence-electron chi connectivity index (χ3n) is 1.38. The molecule has 6 heteroatoms. The van der Waals surface area contributed by atoms with Gasteiger partial charge in [-0.3, -0.25) is 0 Å². The highest BCUT2D eigenvalue weighted by Gasteiger charge is 2.03. The van der Waals surface area contributed by atoms with E-state index in [1.54, 1.807) is 0 Å². The number of anilines is 2. The van der Waals surface area contributed by atoms with Crippen LogP contribution in [0.5, 0.6) is 11.5 Å². The Labute approximate surface area is 88.7 Å². The summed E-state index contributed by atoms with van der Waals surface area (Å²) in [6, 6.07) is 2.83. The van der Waals surface area contributed by atoms with Gasteiger partial charge in [0.1, 0.15) is 0 Å². The number of phenols is 1. The standard InChI is InChI=1S/C7H10N2O2.2ClH/c1-11-7-3-5(9)4(8)2-6(7)10;;/h2-3,10H,8-9H2,1H3;2*1H. The fraction of sp³-hybridized carbons (Fsp3) is 0.143. The molecule has 0 saturated heterocycles. The molecule has 0 spiro atoms. The third kappa shape index (κ3) is 3.08. The van der Waals surface area contributed by atoms with Crippen molar-refractivity contribution < 1.29 is 9.84 Å². The first-order valence-corrected chi connectivity index (χ1v) is 3.07. The Bertz CT molecular complexity index is 281. The van der Waals surface area contributed by atoms with Gasteiger partial charge in [0.05, 0.1) is 18.5 Å². The van der Waals surface area contributed by atoms with E-state index in [0.717, 1.165) is 0 Å². The molecule has 0 bridgehead atoms. The predicted octanol–water partition coefficient (Wildman–Crippen LogP) is 1.41. The number of halogens is 2. The fourth-order valence-corrected chi connectivity index (χ4v) is 0.764. The summed E-state index contributed by atoms with van der Waals surface area (Å²) in [4.78, 5) is 0. The quantitative estimate of drug-likeness (QED) is 0.500. The predicted molar refractivity (Wildman–Crippen MR) is 58.0 cm³/mol. The fourth-order valence-electron chi connectivity index (χ4n) is 0.764. The Hall–Kier alpha value is -1.000. The second kappa shape index (κ2) is 5.61. The number of rotatable bonds is 1. The Kier molecular flexibility index (Phi) is 6.27. The molecule has 0 unspecified atom stereocenters.